The normalized spacial score (nSPS) is 19.4. The molecule has 2 aromatic rings. The molecule has 0 bridgehead atoms. The highest BCUT2D eigenvalue weighted by Crippen LogP contribution is 2.25. The van der Waals surface area contributed by atoms with Crippen molar-refractivity contribution in [3.8, 4) is 0 Å². The molecule has 1 aliphatic rings. The summed E-state index contributed by atoms with van der Waals surface area (Å²) in [7, 11) is 0. The third-order valence-electron chi connectivity index (χ3n) is 4.08. The Morgan fingerprint density at radius 1 is 1.35 bits per heavy atom. The van der Waals surface area contributed by atoms with Gasteiger partial charge in [0.1, 0.15) is 0 Å². The summed E-state index contributed by atoms with van der Waals surface area (Å²) in [5.41, 5.74) is 7.79. The van der Waals surface area contributed by atoms with Gasteiger partial charge in [-0.05, 0) is 19.4 Å². The molecule has 3 rings (SSSR count). The number of aromatic nitrogens is 2. The van der Waals surface area contributed by atoms with Crippen LogP contribution in [0.2, 0.25) is 0 Å². The lowest BCUT2D eigenvalue weighted by molar-refractivity contribution is 0.0981. The fourth-order valence-corrected chi connectivity index (χ4v) is 2.69. The first-order valence-electron chi connectivity index (χ1n) is 7.93. The minimum Gasteiger partial charge on any atom is -0.394 e. The molecule has 0 unspecified atom stereocenters. The predicted molar refractivity (Wildman–Crippen MR) is 92.6 cm³/mol. The van der Waals surface area contributed by atoms with Crippen LogP contribution in [0.1, 0.15) is 25.5 Å². The quantitative estimate of drug-likeness (QED) is 0.903. The molecule has 0 saturated carbocycles. The Morgan fingerprint density at radius 3 is 2.87 bits per heavy atom. The molecule has 0 radical (unpaired) electrons. The van der Waals surface area contributed by atoms with Gasteiger partial charge >= 0.3 is 0 Å². The molecule has 1 aromatic carbocycles. The van der Waals surface area contributed by atoms with E-state index in [0.717, 1.165) is 6.54 Å². The summed E-state index contributed by atoms with van der Waals surface area (Å²) in [6.07, 6.45) is 1.67. The van der Waals surface area contributed by atoms with Crippen molar-refractivity contribution >= 4 is 17.5 Å². The maximum atomic E-state index is 6.05. The van der Waals surface area contributed by atoms with Crippen LogP contribution < -0.4 is 16.0 Å². The Labute approximate surface area is 136 Å². The van der Waals surface area contributed by atoms with E-state index in [2.05, 4.69) is 46.2 Å². The number of morpholine rings is 1. The lowest BCUT2D eigenvalue weighted by atomic mass is 10.1. The summed E-state index contributed by atoms with van der Waals surface area (Å²) in [4.78, 5) is 11.2. The van der Waals surface area contributed by atoms with Gasteiger partial charge in [0.25, 0.3) is 0 Å². The number of rotatable bonds is 4. The number of hydrogen-bond donors (Lipinski definition) is 2. The zero-order valence-electron chi connectivity index (χ0n) is 13.6. The minimum absolute atomic E-state index is 0.114. The van der Waals surface area contributed by atoms with E-state index in [-0.39, 0.29) is 12.1 Å². The highest BCUT2D eigenvalue weighted by molar-refractivity contribution is 5.62. The van der Waals surface area contributed by atoms with Crippen molar-refractivity contribution in [1.29, 1.82) is 0 Å². The van der Waals surface area contributed by atoms with Crippen molar-refractivity contribution in [2.45, 2.75) is 25.9 Å². The molecule has 23 heavy (non-hydrogen) atoms. The van der Waals surface area contributed by atoms with E-state index in [4.69, 9.17) is 10.5 Å². The Morgan fingerprint density at radius 2 is 2.13 bits per heavy atom. The van der Waals surface area contributed by atoms with E-state index in [1.165, 1.54) is 5.56 Å². The van der Waals surface area contributed by atoms with Gasteiger partial charge in [0.05, 0.1) is 37.2 Å². The van der Waals surface area contributed by atoms with Gasteiger partial charge in [-0.15, -0.1) is 0 Å². The molecular formula is C17H23N5O. The van der Waals surface area contributed by atoms with Gasteiger partial charge in [0.15, 0.2) is 5.82 Å². The van der Waals surface area contributed by atoms with Gasteiger partial charge in [-0.2, -0.15) is 4.98 Å². The van der Waals surface area contributed by atoms with Crippen LogP contribution in [0.25, 0.3) is 0 Å². The molecule has 1 saturated heterocycles. The average Bonchev–Trinajstić information content (AvgIpc) is 2.58. The topological polar surface area (TPSA) is 76.3 Å². The first-order chi connectivity index (χ1) is 11.1. The second kappa shape index (κ2) is 6.83. The Hall–Kier alpha value is -2.34. The summed E-state index contributed by atoms with van der Waals surface area (Å²) in [6, 6.07) is 10.6. The number of anilines is 3. The van der Waals surface area contributed by atoms with E-state index < -0.39 is 0 Å². The molecule has 6 nitrogen and oxygen atoms in total. The summed E-state index contributed by atoms with van der Waals surface area (Å²) in [5.74, 6) is 1.36. The van der Waals surface area contributed by atoms with E-state index in [0.29, 0.717) is 30.7 Å². The van der Waals surface area contributed by atoms with Gasteiger partial charge in [0.2, 0.25) is 5.95 Å². The first kappa shape index (κ1) is 15.6. The predicted octanol–water partition coefficient (Wildman–Crippen LogP) is 2.46. The number of nitrogens with one attached hydrogen (secondary N) is 1. The third kappa shape index (κ3) is 3.53. The number of nitrogens with zero attached hydrogens (tertiary/aromatic N) is 3. The molecule has 0 aliphatic carbocycles. The SMILES string of the molecule is C[C@H](Nc1nc(N2CCOC[C@@H]2C)ncc1N)c1ccccc1. The van der Waals surface area contributed by atoms with Gasteiger partial charge < -0.3 is 20.7 Å². The van der Waals surface area contributed by atoms with Crippen molar-refractivity contribution in [3.05, 3.63) is 42.1 Å². The molecule has 1 aliphatic heterocycles. The average molecular weight is 313 g/mol. The van der Waals surface area contributed by atoms with Crippen molar-refractivity contribution < 1.29 is 4.74 Å². The van der Waals surface area contributed by atoms with Crippen LogP contribution >= 0.6 is 0 Å². The number of nitrogens with two attached hydrogens (primary N) is 1. The molecule has 0 amide bonds. The summed E-state index contributed by atoms with van der Waals surface area (Å²) < 4.78 is 5.47. The highest BCUT2D eigenvalue weighted by Gasteiger charge is 2.22. The lowest BCUT2D eigenvalue weighted by Crippen LogP contribution is -2.44. The van der Waals surface area contributed by atoms with Crippen molar-refractivity contribution in [3.63, 3.8) is 0 Å². The van der Waals surface area contributed by atoms with Crippen molar-refractivity contribution in [2.24, 2.45) is 0 Å². The molecule has 2 atom stereocenters. The molecule has 122 valence electrons. The van der Waals surface area contributed by atoms with Crippen LogP contribution in [-0.2, 0) is 4.74 Å². The summed E-state index contributed by atoms with van der Waals surface area (Å²) >= 11 is 0. The zero-order chi connectivity index (χ0) is 16.2. The maximum absolute atomic E-state index is 6.05. The van der Waals surface area contributed by atoms with Crippen LogP contribution in [0.5, 0.6) is 0 Å². The van der Waals surface area contributed by atoms with Crippen LogP contribution in [0, 0.1) is 0 Å². The molecule has 3 N–H and O–H groups in total. The number of benzene rings is 1. The maximum Gasteiger partial charge on any atom is 0.227 e. The molecule has 1 fully saturated rings. The third-order valence-corrected chi connectivity index (χ3v) is 4.08. The van der Waals surface area contributed by atoms with Gasteiger partial charge in [-0.3, -0.25) is 0 Å². The smallest absolute Gasteiger partial charge is 0.227 e. The van der Waals surface area contributed by atoms with Crippen LogP contribution in [0.3, 0.4) is 0 Å². The Bertz CT molecular complexity index is 649. The number of nitrogen functional groups attached to an aromatic ring is 1. The van der Waals surface area contributed by atoms with E-state index in [1.807, 2.05) is 18.2 Å². The number of hydrogen-bond acceptors (Lipinski definition) is 6. The van der Waals surface area contributed by atoms with Crippen LogP contribution in [-0.4, -0.2) is 35.8 Å². The molecule has 0 spiro atoms. The molecule has 6 heteroatoms. The van der Waals surface area contributed by atoms with Crippen LogP contribution in [0.4, 0.5) is 17.5 Å². The van der Waals surface area contributed by atoms with E-state index in [1.54, 1.807) is 6.20 Å². The summed E-state index contributed by atoms with van der Waals surface area (Å²) in [5, 5.41) is 3.39. The molecule has 2 heterocycles. The van der Waals surface area contributed by atoms with Crippen LogP contribution in [0.15, 0.2) is 36.5 Å². The second-order valence-corrected chi connectivity index (χ2v) is 5.87. The number of ether oxygens (including phenoxy) is 1. The van der Waals surface area contributed by atoms with E-state index in [9.17, 15) is 0 Å². The van der Waals surface area contributed by atoms with Crippen molar-refractivity contribution in [1.82, 2.24) is 9.97 Å². The first-order valence-corrected chi connectivity index (χ1v) is 7.93. The molecular weight excluding hydrogens is 290 g/mol. The Balaban J connectivity index is 1.80. The van der Waals surface area contributed by atoms with E-state index >= 15 is 0 Å². The standard InChI is InChI=1S/C17H23N5O/c1-12-11-23-9-8-22(12)17-19-10-15(18)16(21-17)20-13(2)14-6-4-3-5-7-14/h3-7,10,12-13H,8-9,11,18H2,1-2H3,(H,19,20,21)/t12-,13-/m0/s1. The highest BCUT2D eigenvalue weighted by atomic mass is 16.5. The largest absolute Gasteiger partial charge is 0.394 e. The molecule has 1 aromatic heterocycles. The lowest BCUT2D eigenvalue weighted by Gasteiger charge is -2.33. The second-order valence-electron chi connectivity index (χ2n) is 5.87. The Kier molecular flexibility index (Phi) is 4.62. The van der Waals surface area contributed by atoms with Gasteiger partial charge in [-0.25, -0.2) is 4.98 Å². The van der Waals surface area contributed by atoms with Crippen molar-refractivity contribution in [2.75, 3.05) is 35.7 Å². The minimum atomic E-state index is 0.114. The zero-order valence-corrected chi connectivity index (χ0v) is 13.6. The van der Waals surface area contributed by atoms with Gasteiger partial charge in [-0.1, -0.05) is 30.3 Å². The fourth-order valence-electron chi connectivity index (χ4n) is 2.69. The summed E-state index contributed by atoms with van der Waals surface area (Å²) in [6.45, 7) is 6.38. The van der Waals surface area contributed by atoms with Gasteiger partial charge in [0, 0.05) is 6.54 Å². The fraction of sp³-hybridized carbons (Fsp3) is 0.412. The monoisotopic (exact) mass is 313 g/mol.